The Kier molecular flexibility index (Phi) is 3.53. The Labute approximate surface area is 83.6 Å². The van der Waals surface area contributed by atoms with Gasteiger partial charge >= 0.3 is 84.0 Å². The Morgan fingerprint density at radius 3 is 2.33 bits per heavy atom. The molecule has 0 unspecified atom stereocenters. The number of hydrogen-bond acceptors (Lipinski definition) is 1. The molecule has 0 heterocycles. The van der Waals surface area contributed by atoms with Crippen molar-refractivity contribution < 1.29 is 0 Å². The molecule has 12 heavy (non-hydrogen) atoms. The third kappa shape index (κ3) is 2.70. The van der Waals surface area contributed by atoms with E-state index in [1.54, 1.807) is 3.58 Å². The zero-order valence-corrected chi connectivity index (χ0v) is 11.9. The van der Waals surface area contributed by atoms with Crippen molar-refractivity contribution in [2.24, 2.45) is 0 Å². The minimum absolute atomic E-state index is 1.40. The van der Waals surface area contributed by atoms with Crippen LogP contribution in [0.25, 0.3) is 0 Å². The van der Waals surface area contributed by atoms with Crippen LogP contribution in [-0.4, -0.2) is 24.6 Å². The van der Waals surface area contributed by atoms with Crippen molar-refractivity contribution in [1.29, 1.82) is 0 Å². The van der Waals surface area contributed by atoms with Gasteiger partial charge in [-0.3, -0.25) is 0 Å². The predicted octanol–water partition coefficient (Wildman–Crippen LogP) is 2.95. The van der Waals surface area contributed by atoms with E-state index in [2.05, 4.69) is 45.3 Å². The molecule has 1 aromatic carbocycles. The molecule has 2 heteroatoms. The van der Waals surface area contributed by atoms with Crippen LogP contribution in [0, 0.1) is 0 Å². The summed E-state index contributed by atoms with van der Waals surface area (Å²) in [6.07, 6.45) is 2.14. The molecule has 0 atom stereocenters. The number of hydrogen-bond donors (Lipinski definition) is 0. The molecule has 1 rings (SSSR count). The van der Waals surface area contributed by atoms with Crippen LogP contribution < -0.4 is 3.58 Å². The Balaban J connectivity index is 3.02. The average Bonchev–Trinajstić information content (AvgIpc) is 2.03. The van der Waals surface area contributed by atoms with Gasteiger partial charge in [-0.2, -0.15) is 0 Å². The van der Waals surface area contributed by atoms with Gasteiger partial charge in [-0.1, -0.05) is 0 Å². The topological polar surface area (TPSA) is 0 Å². The van der Waals surface area contributed by atoms with Crippen molar-refractivity contribution >= 4 is 33.7 Å². The molecule has 66 valence electrons. The number of benzene rings is 1. The van der Waals surface area contributed by atoms with E-state index in [1.807, 2.05) is 11.8 Å². The third-order valence-corrected chi connectivity index (χ3v) is 8.49. The van der Waals surface area contributed by atoms with Gasteiger partial charge < -0.3 is 0 Å². The van der Waals surface area contributed by atoms with E-state index in [1.165, 1.54) is 4.90 Å². The summed E-state index contributed by atoms with van der Waals surface area (Å²) in [6, 6.07) is 9.02. The van der Waals surface area contributed by atoms with Crippen LogP contribution >= 0.6 is 11.8 Å². The Morgan fingerprint density at radius 1 is 1.17 bits per heavy atom. The average molecular weight is 287 g/mol. The first kappa shape index (κ1) is 10.4. The molecule has 0 aromatic heterocycles. The summed E-state index contributed by atoms with van der Waals surface area (Å²) in [6.45, 7) is 0. The molecule has 1 aromatic rings. The van der Waals surface area contributed by atoms with Crippen molar-refractivity contribution in [2.45, 2.75) is 19.7 Å². The quantitative estimate of drug-likeness (QED) is 0.595. The molecule has 0 amide bonds. The minimum atomic E-state index is -1.79. The van der Waals surface area contributed by atoms with Crippen LogP contribution in [0.15, 0.2) is 29.2 Å². The summed E-state index contributed by atoms with van der Waals surface area (Å²) in [4.78, 5) is 8.76. The second kappa shape index (κ2) is 4.05. The van der Waals surface area contributed by atoms with E-state index in [0.717, 1.165) is 0 Å². The second-order valence-electron chi connectivity index (χ2n) is 3.98. The fourth-order valence-corrected chi connectivity index (χ4v) is 5.23. The van der Waals surface area contributed by atoms with E-state index in [-0.39, 0.29) is 0 Å². The molecule has 0 aliphatic rings. The van der Waals surface area contributed by atoms with Gasteiger partial charge in [0.2, 0.25) is 0 Å². The second-order valence-corrected chi connectivity index (χ2v) is 19.4. The summed E-state index contributed by atoms with van der Waals surface area (Å²) in [5.41, 5.74) is 0. The standard InChI is InChI=1S/C7H7S.3CH3.Sn/c1-8-7-5-3-2-4-6-7;;;;/h2-3,5-6H,1H3;3*1H3;. The van der Waals surface area contributed by atoms with E-state index >= 15 is 0 Å². The van der Waals surface area contributed by atoms with Crippen LogP contribution in [0.5, 0.6) is 0 Å². The van der Waals surface area contributed by atoms with Crippen molar-refractivity contribution in [3.05, 3.63) is 24.3 Å². The summed E-state index contributed by atoms with van der Waals surface area (Å²) < 4.78 is 1.62. The zero-order valence-electron chi connectivity index (χ0n) is 8.22. The fraction of sp³-hybridized carbons (Fsp3) is 0.400. The molecular weight excluding hydrogens is 271 g/mol. The molecule has 0 bridgehead atoms. The molecule has 0 saturated heterocycles. The van der Waals surface area contributed by atoms with Crippen molar-refractivity contribution in [3.63, 3.8) is 0 Å². The first-order valence-corrected chi connectivity index (χ1v) is 15.4. The third-order valence-electron chi connectivity index (χ3n) is 1.94. The van der Waals surface area contributed by atoms with Crippen molar-refractivity contribution in [3.8, 4) is 0 Å². The summed E-state index contributed by atoms with van der Waals surface area (Å²) in [7, 11) is 0. The first-order chi connectivity index (χ1) is 5.54. The number of thioether (sulfide) groups is 1. The van der Waals surface area contributed by atoms with Gasteiger partial charge in [0.05, 0.1) is 0 Å². The Hall–Kier alpha value is 0.369. The summed E-state index contributed by atoms with van der Waals surface area (Å²) in [5.74, 6) is 0. The molecule has 0 aliphatic heterocycles. The molecule has 0 radical (unpaired) electrons. The summed E-state index contributed by atoms with van der Waals surface area (Å²) in [5, 5.41) is 0. The fourth-order valence-electron chi connectivity index (χ4n) is 1.09. The van der Waals surface area contributed by atoms with Gasteiger partial charge in [0, 0.05) is 0 Å². The van der Waals surface area contributed by atoms with E-state index in [9.17, 15) is 0 Å². The zero-order chi connectivity index (χ0) is 9.19. The van der Waals surface area contributed by atoms with Gasteiger partial charge in [-0.25, -0.2) is 0 Å². The molecule has 0 N–H and O–H groups in total. The molecular formula is C10H16SSn. The van der Waals surface area contributed by atoms with Crippen LogP contribution in [-0.2, 0) is 0 Å². The van der Waals surface area contributed by atoms with Gasteiger partial charge in [-0.15, -0.1) is 0 Å². The van der Waals surface area contributed by atoms with Crippen LogP contribution in [0.1, 0.15) is 0 Å². The summed E-state index contributed by atoms with van der Waals surface area (Å²) >= 11 is 0.0401. The van der Waals surface area contributed by atoms with Crippen LogP contribution in [0.4, 0.5) is 0 Å². The molecule has 0 spiro atoms. The van der Waals surface area contributed by atoms with Gasteiger partial charge in [0.15, 0.2) is 0 Å². The van der Waals surface area contributed by atoms with E-state index in [0.29, 0.717) is 0 Å². The van der Waals surface area contributed by atoms with Crippen molar-refractivity contribution in [2.75, 3.05) is 6.26 Å². The molecule has 0 fully saturated rings. The maximum atomic E-state index is 2.45. The van der Waals surface area contributed by atoms with E-state index in [4.69, 9.17) is 0 Å². The monoisotopic (exact) mass is 288 g/mol. The SMILES string of the molecule is CSc1ccc[c]([Sn]([CH3])([CH3])[CH3])c1. The van der Waals surface area contributed by atoms with Crippen LogP contribution in [0.3, 0.4) is 0 Å². The maximum absolute atomic E-state index is 2.45. The number of rotatable bonds is 2. The molecule has 0 aliphatic carbocycles. The van der Waals surface area contributed by atoms with Gasteiger partial charge in [-0.05, 0) is 0 Å². The Bertz CT molecular complexity index is 263. The van der Waals surface area contributed by atoms with Gasteiger partial charge in [0.25, 0.3) is 0 Å². The first-order valence-electron chi connectivity index (χ1n) is 4.18. The predicted molar refractivity (Wildman–Crippen MR) is 61.2 cm³/mol. The normalized spacial score (nSPS) is 11.7. The van der Waals surface area contributed by atoms with Crippen molar-refractivity contribution in [1.82, 2.24) is 0 Å². The van der Waals surface area contributed by atoms with E-state index < -0.39 is 18.4 Å². The van der Waals surface area contributed by atoms with Crippen LogP contribution in [0.2, 0.25) is 14.8 Å². The van der Waals surface area contributed by atoms with Gasteiger partial charge in [0.1, 0.15) is 0 Å². The molecule has 0 nitrogen and oxygen atoms in total. The Morgan fingerprint density at radius 2 is 1.83 bits per heavy atom. The molecule has 0 saturated carbocycles.